The minimum Gasteiger partial charge on any atom is -0.423 e. The normalized spacial score (nSPS) is 10.3. The van der Waals surface area contributed by atoms with Gasteiger partial charge in [0.15, 0.2) is 11.6 Å². The van der Waals surface area contributed by atoms with Gasteiger partial charge in [-0.1, -0.05) is 61.9 Å². The molecule has 0 aromatic heterocycles. The van der Waals surface area contributed by atoms with E-state index in [9.17, 15) is 19.2 Å². The second-order valence-electron chi connectivity index (χ2n) is 10.4. The van der Waals surface area contributed by atoms with Crippen molar-refractivity contribution in [2.45, 2.75) is 13.8 Å². The quantitative estimate of drug-likeness (QED) is 0.0563. The van der Waals surface area contributed by atoms with Crippen LogP contribution in [0.5, 0.6) is 23.0 Å². The molecule has 4 aromatic carbocycles. The SMILES string of the molecule is C=CC(=O)Oc1ccc(C=Cc2ccc(C#Cc3ccc(OC(=O)c4ccc(OC(=O)C(=C)C)cc4)cc3)c(OC(=O)C(=C)C)c2F)cc1. The van der Waals surface area contributed by atoms with E-state index >= 15 is 4.39 Å². The first-order valence-corrected chi connectivity index (χ1v) is 14.6. The van der Waals surface area contributed by atoms with Crippen LogP contribution in [-0.4, -0.2) is 23.9 Å². The van der Waals surface area contributed by atoms with Gasteiger partial charge in [0.25, 0.3) is 0 Å². The summed E-state index contributed by atoms with van der Waals surface area (Å²) in [7, 11) is 0. The molecule has 4 aromatic rings. The zero-order chi connectivity index (χ0) is 35.5. The van der Waals surface area contributed by atoms with Crippen LogP contribution in [0.25, 0.3) is 12.2 Å². The summed E-state index contributed by atoms with van der Waals surface area (Å²) >= 11 is 0. The zero-order valence-corrected chi connectivity index (χ0v) is 26.6. The molecule has 0 aliphatic carbocycles. The molecule has 0 bridgehead atoms. The summed E-state index contributed by atoms with van der Waals surface area (Å²) in [6.45, 7) is 13.4. The Morgan fingerprint density at radius 2 is 1.20 bits per heavy atom. The maximum atomic E-state index is 15.7. The molecule has 0 unspecified atom stereocenters. The molecule has 0 saturated carbocycles. The lowest BCUT2D eigenvalue weighted by Crippen LogP contribution is -2.11. The first-order chi connectivity index (χ1) is 23.4. The fourth-order valence-electron chi connectivity index (χ4n) is 3.83. The Hall–Kier alpha value is -6.79. The number of esters is 4. The van der Waals surface area contributed by atoms with Crippen molar-refractivity contribution >= 4 is 36.0 Å². The summed E-state index contributed by atoms with van der Waals surface area (Å²) in [5.74, 6) is 2.78. The Morgan fingerprint density at radius 1 is 0.653 bits per heavy atom. The van der Waals surface area contributed by atoms with Crippen LogP contribution in [0, 0.1) is 17.7 Å². The van der Waals surface area contributed by atoms with Gasteiger partial charge in [-0.2, -0.15) is 0 Å². The molecule has 0 radical (unpaired) electrons. The molecule has 0 amide bonds. The number of carbonyl (C=O) groups excluding carboxylic acids is 4. The molecule has 0 N–H and O–H groups in total. The molecule has 0 heterocycles. The topological polar surface area (TPSA) is 105 Å². The van der Waals surface area contributed by atoms with Gasteiger partial charge in [0.05, 0.1) is 11.1 Å². The lowest BCUT2D eigenvalue weighted by Gasteiger charge is -2.10. The molecule has 8 nitrogen and oxygen atoms in total. The minimum absolute atomic E-state index is 0.0730. The predicted octanol–water partition coefficient (Wildman–Crippen LogP) is 7.67. The first-order valence-electron chi connectivity index (χ1n) is 14.6. The van der Waals surface area contributed by atoms with Gasteiger partial charge in [0.2, 0.25) is 0 Å². The summed E-state index contributed by atoms with van der Waals surface area (Å²) in [6.07, 6.45) is 4.19. The number of rotatable bonds is 10. The number of ether oxygens (including phenoxy) is 4. The van der Waals surface area contributed by atoms with Crippen molar-refractivity contribution in [2.75, 3.05) is 0 Å². The second-order valence-corrected chi connectivity index (χ2v) is 10.4. The van der Waals surface area contributed by atoms with E-state index in [4.69, 9.17) is 18.9 Å². The summed E-state index contributed by atoms with van der Waals surface area (Å²) < 4.78 is 36.6. The van der Waals surface area contributed by atoms with Gasteiger partial charge in [-0.15, -0.1) is 0 Å². The van der Waals surface area contributed by atoms with Crippen LogP contribution in [0.1, 0.15) is 46.5 Å². The van der Waals surface area contributed by atoms with Crippen LogP contribution < -0.4 is 18.9 Å². The molecule has 0 atom stereocenters. The molecule has 0 aliphatic rings. The van der Waals surface area contributed by atoms with E-state index in [0.29, 0.717) is 16.9 Å². The average molecular weight is 657 g/mol. The maximum absolute atomic E-state index is 15.7. The zero-order valence-electron chi connectivity index (χ0n) is 26.6. The van der Waals surface area contributed by atoms with Crippen molar-refractivity contribution < 1.29 is 42.5 Å². The van der Waals surface area contributed by atoms with E-state index < -0.39 is 29.7 Å². The van der Waals surface area contributed by atoms with E-state index in [1.54, 1.807) is 42.5 Å². The van der Waals surface area contributed by atoms with Crippen molar-refractivity contribution in [3.05, 3.63) is 156 Å². The molecule has 0 saturated heterocycles. The highest BCUT2D eigenvalue weighted by atomic mass is 19.1. The number of hydrogen-bond acceptors (Lipinski definition) is 8. The minimum atomic E-state index is -0.818. The number of carbonyl (C=O) groups is 4. The Kier molecular flexibility index (Phi) is 11.6. The van der Waals surface area contributed by atoms with Crippen LogP contribution in [0.15, 0.2) is 122 Å². The van der Waals surface area contributed by atoms with Crippen LogP contribution in [0.2, 0.25) is 0 Å². The van der Waals surface area contributed by atoms with Crippen molar-refractivity contribution in [3.8, 4) is 34.8 Å². The Bertz CT molecular complexity index is 2040. The van der Waals surface area contributed by atoms with Crippen LogP contribution in [0.4, 0.5) is 4.39 Å². The highest BCUT2D eigenvalue weighted by molar-refractivity contribution is 5.92. The predicted molar refractivity (Wildman–Crippen MR) is 182 cm³/mol. The highest BCUT2D eigenvalue weighted by Crippen LogP contribution is 2.28. The summed E-state index contributed by atoms with van der Waals surface area (Å²) in [5.41, 5.74) is 2.00. The summed E-state index contributed by atoms with van der Waals surface area (Å²) in [6, 6.07) is 21.7. The van der Waals surface area contributed by atoms with Crippen molar-refractivity contribution in [2.24, 2.45) is 0 Å². The lowest BCUT2D eigenvalue weighted by molar-refractivity contribution is -0.131. The average Bonchev–Trinajstić information content (AvgIpc) is 3.09. The van der Waals surface area contributed by atoms with Crippen LogP contribution in [-0.2, 0) is 14.4 Å². The first kappa shape index (κ1) is 35.1. The Balaban J connectivity index is 1.49. The monoisotopic (exact) mass is 656 g/mol. The molecular weight excluding hydrogens is 627 g/mol. The molecule has 49 heavy (non-hydrogen) atoms. The smallest absolute Gasteiger partial charge is 0.343 e. The number of halogens is 1. The van der Waals surface area contributed by atoms with Crippen LogP contribution in [0.3, 0.4) is 0 Å². The molecule has 0 fully saturated rings. The Labute approximate surface area is 282 Å². The third-order valence-corrected chi connectivity index (χ3v) is 6.45. The molecule has 0 spiro atoms. The fourth-order valence-corrected chi connectivity index (χ4v) is 3.83. The Morgan fingerprint density at radius 3 is 1.82 bits per heavy atom. The molecule has 4 rings (SSSR count). The van der Waals surface area contributed by atoms with E-state index in [1.807, 2.05) is 0 Å². The highest BCUT2D eigenvalue weighted by Gasteiger charge is 2.17. The molecule has 0 aliphatic heterocycles. The second kappa shape index (κ2) is 16.2. The van der Waals surface area contributed by atoms with E-state index in [1.165, 1.54) is 68.5 Å². The van der Waals surface area contributed by atoms with E-state index in [2.05, 4.69) is 31.6 Å². The third-order valence-electron chi connectivity index (χ3n) is 6.45. The van der Waals surface area contributed by atoms with E-state index in [-0.39, 0.29) is 45.1 Å². The van der Waals surface area contributed by atoms with Gasteiger partial charge >= 0.3 is 23.9 Å². The summed E-state index contributed by atoms with van der Waals surface area (Å²) in [4.78, 5) is 48.0. The third kappa shape index (κ3) is 9.85. The van der Waals surface area contributed by atoms with Crippen molar-refractivity contribution in [1.29, 1.82) is 0 Å². The lowest BCUT2D eigenvalue weighted by atomic mass is 10.1. The van der Waals surface area contributed by atoms with E-state index in [0.717, 1.165) is 6.08 Å². The molecule has 244 valence electrons. The number of hydrogen-bond donors (Lipinski definition) is 0. The van der Waals surface area contributed by atoms with Gasteiger partial charge in [0.1, 0.15) is 17.2 Å². The molecular formula is C40H29FO8. The van der Waals surface area contributed by atoms with Crippen molar-refractivity contribution in [1.82, 2.24) is 0 Å². The molecule has 9 heteroatoms. The van der Waals surface area contributed by atoms with Gasteiger partial charge in [-0.3, -0.25) is 0 Å². The van der Waals surface area contributed by atoms with Gasteiger partial charge in [-0.25, -0.2) is 23.6 Å². The maximum Gasteiger partial charge on any atom is 0.343 e. The van der Waals surface area contributed by atoms with Gasteiger partial charge in [0, 0.05) is 28.3 Å². The van der Waals surface area contributed by atoms with Crippen molar-refractivity contribution in [3.63, 3.8) is 0 Å². The van der Waals surface area contributed by atoms with Gasteiger partial charge in [-0.05, 0) is 86.1 Å². The van der Waals surface area contributed by atoms with Crippen LogP contribution >= 0.6 is 0 Å². The summed E-state index contributed by atoms with van der Waals surface area (Å²) in [5, 5.41) is 0. The number of benzene rings is 4. The standard InChI is InChI=1S/C40H29FO8/c1-6-35(42)46-32-19-9-27(10-20-32)7-13-29-15-16-30(37(36(29)41)49-39(44)26(4)5)14-8-28-11-21-33(22-12-28)48-40(45)31-17-23-34(24-18-31)47-38(43)25(2)3/h6-7,9-13,15-24H,1-2,4H2,3,5H3. The fraction of sp³-hybridized carbons (Fsp3) is 0.0500. The largest absolute Gasteiger partial charge is 0.423 e. The van der Waals surface area contributed by atoms with Gasteiger partial charge < -0.3 is 18.9 Å².